The van der Waals surface area contributed by atoms with Crippen molar-refractivity contribution >= 4 is 28.7 Å². The van der Waals surface area contributed by atoms with Crippen LogP contribution in [0.1, 0.15) is 58.0 Å². The number of halogens is 1. The summed E-state index contributed by atoms with van der Waals surface area (Å²) in [4.78, 5) is 23.3. The molecule has 8 nitrogen and oxygen atoms in total. The molecule has 202 valence electrons. The number of benzene rings is 2. The molecule has 2 atom stereocenters. The summed E-state index contributed by atoms with van der Waals surface area (Å²) in [6.07, 6.45) is 1.92. The van der Waals surface area contributed by atoms with Gasteiger partial charge in [-0.1, -0.05) is 41.4 Å². The van der Waals surface area contributed by atoms with Crippen LogP contribution >= 0.6 is 11.6 Å². The standard InChI is InChI=1S/C30H31ClN4O4/c1-18-3-5-20(6-4-18)17-39-27-14-23-19(2)34(11-9-21(23)13-24(27)31)16-28-32-25-7-8-26(30(36)37)33-29(25)35(28)15-22-10-12-38-22/h3-8,13-14,19,22H,9-12,15-17H2,1-2H3,(H,36,37)/t19-,22-/m0/s1. The van der Waals surface area contributed by atoms with E-state index in [-0.39, 0.29) is 17.8 Å². The zero-order chi connectivity index (χ0) is 27.1. The van der Waals surface area contributed by atoms with E-state index in [0.717, 1.165) is 37.4 Å². The summed E-state index contributed by atoms with van der Waals surface area (Å²) in [6.45, 7) is 7.52. The van der Waals surface area contributed by atoms with Gasteiger partial charge in [0, 0.05) is 19.2 Å². The van der Waals surface area contributed by atoms with Gasteiger partial charge in [-0.2, -0.15) is 0 Å². The molecule has 0 unspecified atom stereocenters. The van der Waals surface area contributed by atoms with Crippen LogP contribution < -0.4 is 4.74 Å². The number of ether oxygens (including phenoxy) is 2. The average Bonchev–Trinajstić information content (AvgIpc) is 3.23. The third-order valence-corrected chi connectivity index (χ3v) is 8.08. The molecule has 0 amide bonds. The van der Waals surface area contributed by atoms with E-state index in [1.807, 2.05) is 10.6 Å². The Balaban J connectivity index is 1.26. The first-order chi connectivity index (χ1) is 18.9. The molecule has 39 heavy (non-hydrogen) atoms. The SMILES string of the molecule is Cc1ccc(COc2cc3c(cc2Cl)CCN(Cc2nc4ccc(C(=O)O)nc4n2C[C@@H]2CCO2)[C@H]3C)cc1. The van der Waals surface area contributed by atoms with E-state index in [2.05, 4.69) is 54.1 Å². The molecular formula is C30H31ClN4O4. The zero-order valence-electron chi connectivity index (χ0n) is 22.1. The molecule has 0 aliphatic carbocycles. The molecule has 2 aliphatic heterocycles. The summed E-state index contributed by atoms with van der Waals surface area (Å²) in [5, 5.41) is 10.1. The first kappa shape index (κ1) is 25.8. The molecule has 1 N–H and O–H groups in total. The number of hydrogen-bond acceptors (Lipinski definition) is 6. The Morgan fingerprint density at radius 2 is 1.97 bits per heavy atom. The van der Waals surface area contributed by atoms with Crippen LogP contribution in [0.3, 0.4) is 0 Å². The van der Waals surface area contributed by atoms with Crippen molar-refractivity contribution in [2.75, 3.05) is 13.2 Å². The lowest BCUT2D eigenvalue weighted by atomic mass is 9.93. The van der Waals surface area contributed by atoms with Crippen molar-refractivity contribution < 1.29 is 19.4 Å². The molecule has 0 bridgehead atoms. The highest BCUT2D eigenvalue weighted by Gasteiger charge is 2.29. The zero-order valence-corrected chi connectivity index (χ0v) is 22.8. The van der Waals surface area contributed by atoms with E-state index >= 15 is 0 Å². The number of rotatable bonds is 8. The fourth-order valence-electron chi connectivity index (χ4n) is 5.34. The van der Waals surface area contributed by atoms with Gasteiger partial charge in [-0.05, 0) is 67.6 Å². The van der Waals surface area contributed by atoms with E-state index in [9.17, 15) is 9.90 Å². The maximum atomic E-state index is 11.6. The summed E-state index contributed by atoms with van der Waals surface area (Å²) in [7, 11) is 0. The van der Waals surface area contributed by atoms with Crippen LogP contribution in [0.15, 0.2) is 48.5 Å². The Morgan fingerprint density at radius 1 is 1.18 bits per heavy atom. The summed E-state index contributed by atoms with van der Waals surface area (Å²) in [6, 6.07) is 15.8. The predicted octanol–water partition coefficient (Wildman–Crippen LogP) is 5.58. The van der Waals surface area contributed by atoms with E-state index in [1.54, 1.807) is 6.07 Å². The number of aryl methyl sites for hydroxylation is 1. The first-order valence-electron chi connectivity index (χ1n) is 13.3. The van der Waals surface area contributed by atoms with Crippen molar-refractivity contribution in [3.63, 3.8) is 0 Å². The van der Waals surface area contributed by atoms with Crippen LogP contribution in [0, 0.1) is 6.92 Å². The highest BCUT2D eigenvalue weighted by atomic mass is 35.5. The number of imidazole rings is 1. The lowest BCUT2D eigenvalue weighted by molar-refractivity contribution is -0.0593. The number of aromatic carboxylic acids is 1. The van der Waals surface area contributed by atoms with Crippen molar-refractivity contribution in [1.29, 1.82) is 0 Å². The van der Waals surface area contributed by atoms with Gasteiger partial charge < -0.3 is 19.1 Å². The first-order valence-corrected chi connectivity index (χ1v) is 13.7. The van der Waals surface area contributed by atoms with E-state index in [4.69, 9.17) is 26.1 Å². The molecule has 1 saturated heterocycles. The average molecular weight is 547 g/mol. The quantitative estimate of drug-likeness (QED) is 0.308. The maximum Gasteiger partial charge on any atom is 0.354 e. The maximum absolute atomic E-state index is 11.6. The number of hydrogen-bond donors (Lipinski definition) is 1. The minimum absolute atomic E-state index is 0.0139. The number of carboxylic acid groups (broad SMARTS) is 1. The summed E-state index contributed by atoms with van der Waals surface area (Å²) >= 11 is 6.62. The Kier molecular flexibility index (Phi) is 7.01. The molecule has 0 spiro atoms. The van der Waals surface area contributed by atoms with Gasteiger partial charge in [-0.25, -0.2) is 14.8 Å². The van der Waals surface area contributed by atoms with Crippen molar-refractivity contribution in [2.24, 2.45) is 0 Å². The van der Waals surface area contributed by atoms with Crippen molar-refractivity contribution in [1.82, 2.24) is 19.4 Å². The van der Waals surface area contributed by atoms with Gasteiger partial charge in [0.1, 0.15) is 23.7 Å². The molecule has 2 aliphatic rings. The third kappa shape index (κ3) is 5.24. The summed E-state index contributed by atoms with van der Waals surface area (Å²) < 4.78 is 13.9. The highest BCUT2D eigenvalue weighted by Crippen LogP contribution is 2.37. The minimum Gasteiger partial charge on any atom is -0.487 e. The van der Waals surface area contributed by atoms with Crippen molar-refractivity contribution in [3.05, 3.63) is 87.3 Å². The molecule has 9 heteroatoms. The van der Waals surface area contributed by atoms with Crippen LogP contribution in [0.2, 0.25) is 5.02 Å². The van der Waals surface area contributed by atoms with Crippen molar-refractivity contribution in [3.8, 4) is 5.75 Å². The number of carboxylic acids is 1. The molecule has 2 aromatic heterocycles. The predicted molar refractivity (Wildman–Crippen MR) is 148 cm³/mol. The third-order valence-electron chi connectivity index (χ3n) is 7.79. The van der Waals surface area contributed by atoms with E-state index in [0.29, 0.717) is 41.6 Å². The second-order valence-electron chi connectivity index (χ2n) is 10.4. The van der Waals surface area contributed by atoms with E-state index < -0.39 is 5.97 Å². The topological polar surface area (TPSA) is 89.7 Å². The number of aromatic nitrogens is 3. The fraction of sp³-hybridized carbons (Fsp3) is 0.367. The summed E-state index contributed by atoms with van der Waals surface area (Å²) in [5.74, 6) is 0.492. The molecular weight excluding hydrogens is 516 g/mol. The Labute approximate surface area is 232 Å². The lowest BCUT2D eigenvalue weighted by Gasteiger charge is -2.36. The number of nitrogens with zero attached hydrogens (tertiary/aromatic N) is 4. The van der Waals surface area contributed by atoms with Crippen LogP contribution in [0.5, 0.6) is 5.75 Å². The van der Waals surface area contributed by atoms with Gasteiger partial charge >= 0.3 is 5.97 Å². The second kappa shape index (κ2) is 10.6. The molecule has 6 rings (SSSR count). The van der Waals surface area contributed by atoms with Gasteiger partial charge in [-0.3, -0.25) is 4.90 Å². The van der Waals surface area contributed by atoms with Crippen molar-refractivity contribution in [2.45, 2.75) is 58.5 Å². The second-order valence-corrected chi connectivity index (χ2v) is 10.8. The molecule has 0 saturated carbocycles. The van der Waals surface area contributed by atoms with Crippen LogP contribution in [0.25, 0.3) is 11.2 Å². The Bertz CT molecular complexity index is 1530. The Hall–Kier alpha value is -3.46. The van der Waals surface area contributed by atoms with Gasteiger partial charge in [0.05, 0.1) is 24.2 Å². The fourth-order valence-corrected chi connectivity index (χ4v) is 5.58. The number of fused-ring (bicyclic) bond motifs is 2. The molecule has 2 aromatic carbocycles. The molecule has 1 fully saturated rings. The smallest absolute Gasteiger partial charge is 0.354 e. The Morgan fingerprint density at radius 3 is 2.69 bits per heavy atom. The van der Waals surface area contributed by atoms with Gasteiger partial charge in [0.15, 0.2) is 11.3 Å². The minimum atomic E-state index is -1.05. The van der Waals surface area contributed by atoms with Gasteiger partial charge in [-0.15, -0.1) is 0 Å². The van der Waals surface area contributed by atoms with Gasteiger partial charge in [0.25, 0.3) is 0 Å². The van der Waals surface area contributed by atoms with Crippen LogP contribution in [0.4, 0.5) is 0 Å². The van der Waals surface area contributed by atoms with Crippen LogP contribution in [-0.2, 0) is 30.9 Å². The normalized spacial score (nSPS) is 19.1. The molecule has 4 heterocycles. The molecule has 0 radical (unpaired) electrons. The summed E-state index contributed by atoms with van der Waals surface area (Å²) in [5.41, 5.74) is 6.03. The largest absolute Gasteiger partial charge is 0.487 e. The number of pyridine rings is 1. The lowest BCUT2D eigenvalue weighted by Crippen LogP contribution is -2.36. The molecule has 4 aromatic rings. The number of carbonyl (C=O) groups is 1. The monoisotopic (exact) mass is 546 g/mol. The van der Waals surface area contributed by atoms with Gasteiger partial charge in [0.2, 0.25) is 0 Å². The highest BCUT2D eigenvalue weighted by molar-refractivity contribution is 6.32. The van der Waals surface area contributed by atoms with E-state index in [1.165, 1.54) is 22.8 Å². The van der Waals surface area contributed by atoms with Crippen LogP contribution in [-0.4, -0.2) is 49.8 Å².